The summed E-state index contributed by atoms with van der Waals surface area (Å²) in [5, 5.41) is 1.99. The molecule has 1 unspecified atom stereocenters. The van der Waals surface area contributed by atoms with Crippen molar-refractivity contribution in [1.29, 1.82) is 0 Å². The Labute approximate surface area is 136 Å². The average molecular weight is 314 g/mol. The summed E-state index contributed by atoms with van der Waals surface area (Å²) in [7, 11) is 0. The number of pyridine rings is 1. The van der Waals surface area contributed by atoms with Crippen molar-refractivity contribution in [2.24, 2.45) is 5.92 Å². The summed E-state index contributed by atoms with van der Waals surface area (Å²) < 4.78 is 0. The highest BCUT2D eigenvalue weighted by Gasteiger charge is 2.26. The lowest BCUT2D eigenvalue weighted by Crippen LogP contribution is -2.39. The number of likely N-dealkylation sites (tertiary alicyclic amines) is 1. The molecule has 0 radical (unpaired) electrons. The Kier molecular flexibility index (Phi) is 5.35. The minimum absolute atomic E-state index is 0.186. The zero-order valence-corrected chi connectivity index (χ0v) is 13.6. The van der Waals surface area contributed by atoms with Crippen molar-refractivity contribution < 1.29 is 4.79 Å². The van der Waals surface area contributed by atoms with E-state index in [9.17, 15) is 4.79 Å². The maximum Gasteiger partial charge on any atom is 0.177 e. The van der Waals surface area contributed by atoms with Crippen LogP contribution < -0.4 is 0 Å². The third kappa shape index (κ3) is 4.02. The van der Waals surface area contributed by atoms with Gasteiger partial charge in [-0.1, -0.05) is 12.1 Å². The predicted molar refractivity (Wildman–Crippen MR) is 90.4 cm³/mol. The number of carbonyl (C=O) groups is 1. The van der Waals surface area contributed by atoms with Crippen LogP contribution in [-0.2, 0) is 6.42 Å². The molecule has 1 aliphatic heterocycles. The first-order valence-corrected chi connectivity index (χ1v) is 8.90. The number of carbonyl (C=O) groups excluding carboxylic acids is 1. The Morgan fingerprint density at radius 2 is 2.32 bits per heavy atom. The van der Waals surface area contributed by atoms with Crippen LogP contribution in [0, 0.1) is 5.92 Å². The first kappa shape index (κ1) is 15.4. The van der Waals surface area contributed by atoms with E-state index >= 15 is 0 Å². The van der Waals surface area contributed by atoms with Gasteiger partial charge in [0.1, 0.15) is 0 Å². The normalized spacial score (nSPS) is 19.2. The van der Waals surface area contributed by atoms with Crippen LogP contribution >= 0.6 is 11.3 Å². The number of ketones is 1. The van der Waals surface area contributed by atoms with E-state index in [1.54, 1.807) is 11.3 Å². The lowest BCUT2D eigenvalue weighted by molar-refractivity contribution is 0.0823. The molecule has 116 valence electrons. The molecule has 0 saturated carbocycles. The van der Waals surface area contributed by atoms with E-state index < -0.39 is 0 Å². The van der Waals surface area contributed by atoms with Gasteiger partial charge in [0, 0.05) is 24.9 Å². The molecule has 1 saturated heterocycles. The van der Waals surface area contributed by atoms with E-state index in [4.69, 9.17) is 0 Å². The summed E-state index contributed by atoms with van der Waals surface area (Å²) in [4.78, 5) is 20.0. The number of nitrogens with zero attached hydrogens (tertiary/aromatic N) is 2. The smallest absolute Gasteiger partial charge is 0.177 e. The topological polar surface area (TPSA) is 33.2 Å². The number of thiophene rings is 1. The van der Waals surface area contributed by atoms with Crippen LogP contribution in [0.4, 0.5) is 0 Å². The zero-order chi connectivity index (χ0) is 15.2. The van der Waals surface area contributed by atoms with Crippen LogP contribution in [0.3, 0.4) is 0 Å². The van der Waals surface area contributed by atoms with Crippen LogP contribution in [0.25, 0.3) is 0 Å². The Morgan fingerprint density at radius 1 is 1.36 bits per heavy atom. The van der Waals surface area contributed by atoms with Gasteiger partial charge in [-0.25, -0.2) is 0 Å². The second-order valence-corrected chi connectivity index (χ2v) is 6.89. The molecule has 3 rings (SSSR count). The molecule has 0 amide bonds. The largest absolute Gasteiger partial charge is 0.303 e. The number of aromatic nitrogens is 1. The molecule has 0 bridgehead atoms. The summed E-state index contributed by atoms with van der Waals surface area (Å²) in [6.45, 7) is 3.12. The Bertz CT molecular complexity index is 582. The molecule has 1 atom stereocenters. The number of rotatable bonds is 6. The fraction of sp³-hybridized carbons (Fsp3) is 0.444. The molecule has 22 heavy (non-hydrogen) atoms. The van der Waals surface area contributed by atoms with Gasteiger partial charge < -0.3 is 4.90 Å². The van der Waals surface area contributed by atoms with E-state index in [0.29, 0.717) is 5.78 Å². The van der Waals surface area contributed by atoms with Crippen molar-refractivity contribution in [3.63, 3.8) is 0 Å². The monoisotopic (exact) mass is 314 g/mol. The summed E-state index contributed by atoms with van der Waals surface area (Å²) in [5.74, 6) is 0.526. The number of hydrogen-bond acceptors (Lipinski definition) is 4. The Balaban J connectivity index is 1.47. The summed E-state index contributed by atoms with van der Waals surface area (Å²) in [5.41, 5.74) is 1.30. The maximum atomic E-state index is 12.5. The zero-order valence-electron chi connectivity index (χ0n) is 12.8. The minimum Gasteiger partial charge on any atom is -0.303 e. The number of piperidine rings is 1. The van der Waals surface area contributed by atoms with E-state index in [2.05, 4.69) is 16.0 Å². The quantitative estimate of drug-likeness (QED) is 0.763. The van der Waals surface area contributed by atoms with Gasteiger partial charge in [-0.05, 0) is 61.8 Å². The van der Waals surface area contributed by atoms with Crippen LogP contribution in [0.1, 0.15) is 34.5 Å². The van der Waals surface area contributed by atoms with Crippen LogP contribution in [0.15, 0.2) is 42.0 Å². The third-order valence-corrected chi connectivity index (χ3v) is 5.19. The van der Waals surface area contributed by atoms with Gasteiger partial charge in [-0.3, -0.25) is 9.78 Å². The lowest BCUT2D eigenvalue weighted by Gasteiger charge is -2.31. The molecular weight excluding hydrogens is 292 g/mol. The molecule has 0 aromatic carbocycles. The van der Waals surface area contributed by atoms with Gasteiger partial charge in [0.2, 0.25) is 0 Å². The lowest BCUT2D eigenvalue weighted by atomic mass is 9.93. The van der Waals surface area contributed by atoms with Gasteiger partial charge in [0.25, 0.3) is 0 Å². The molecule has 0 aliphatic carbocycles. The van der Waals surface area contributed by atoms with Crippen LogP contribution in [0.2, 0.25) is 0 Å². The van der Waals surface area contributed by atoms with Crippen molar-refractivity contribution >= 4 is 17.1 Å². The van der Waals surface area contributed by atoms with Crippen LogP contribution in [-0.4, -0.2) is 35.3 Å². The highest BCUT2D eigenvalue weighted by atomic mass is 32.1. The summed E-state index contributed by atoms with van der Waals surface area (Å²) >= 11 is 1.57. The molecule has 3 nitrogen and oxygen atoms in total. The summed E-state index contributed by atoms with van der Waals surface area (Å²) in [6, 6.07) is 8.04. The van der Waals surface area contributed by atoms with Crippen molar-refractivity contribution in [3.8, 4) is 0 Å². The molecule has 4 heteroatoms. The molecule has 1 fully saturated rings. The highest BCUT2D eigenvalue weighted by Crippen LogP contribution is 2.23. The Morgan fingerprint density at radius 3 is 3.09 bits per heavy atom. The number of aryl methyl sites for hydroxylation is 1. The molecule has 0 N–H and O–H groups in total. The second-order valence-electron chi connectivity index (χ2n) is 5.95. The number of Topliss-reactive ketones (excluding diaryl/α,β-unsaturated/α-hetero) is 1. The second kappa shape index (κ2) is 7.65. The molecule has 0 spiro atoms. The van der Waals surface area contributed by atoms with E-state index in [0.717, 1.165) is 50.2 Å². The third-order valence-electron chi connectivity index (χ3n) is 4.30. The van der Waals surface area contributed by atoms with E-state index in [-0.39, 0.29) is 5.92 Å². The summed E-state index contributed by atoms with van der Waals surface area (Å²) in [6.07, 6.45) is 8.12. The van der Waals surface area contributed by atoms with E-state index in [1.807, 2.05) is 36.0 Å². The maximum absolute atomic E-state index is 12.5. The van der Waals surface area contributed by atoms with Gasteiger partial charge in [0.05, 0.1) is 4.88 Å². The first-order chi connectivity index (χ1) is 10.8. The molecule has 1 aliphatic rings. The predicted octanol–water partition coefficient (Wildman–Crippen LogP) is 3.67. The fourth-order valence-corrected chi connectivity index (χ4v) is 3.89. The van der Waals surface area contributed by atoms with Crippen LogP contribution in [0.5, 0.6) is 0 Å². The minimum atomic E-state index is 0.186. The molecular formula is C18H22N2OS. The average Bonchev–Trinajstić information content (AvgIpc) is 3.10. The van der Waals surface area contributed by atoms with Gasteiger partial charge in [-0.2, -0.15) is 0 Å². The van der Waals surface area contributed by atoms with Crippen molar-refractivity contribution in [3.05, 3.63) is 52.5 Å². The molecule has 2 aromatic rings. The molecule has 3 heterocycles. The van der Waals surface area contributed by atoms with Crippen molar-refractivity contribution in [2.45, 2.75) is 25.7 Å². The first-order valence-electron chi connectivity index (χ1n) is 8.02. The number of hydrogen-bond donors (Lipinski definition) is 0. The van der Waals surface area contributed by atoms with Gasteiger partial charge in [-0.15, -0.1) is 11.3 Å². The van der Waals surface area contributed by atoms with Gasteiger partial charge >= 0.3 is 0 Å². The Hall–Kier alpha value is -1.52. The van der Waals surface area contributed by atoms with Crippen molar-refractivity contribution in [2.75, 3.05) is 19.6 Å². The van der Waals surface area contributed by atoms with Gasteiger partial charge in [0.15, 0.2) is 5.78 Å². The molecule has 2 aromatic heterocycles. The SMILES string of the molecule is O=C(c1cccs1)C1CCCN(CCCc2cccnc2)C1. The fourth-order valence-electron chi connectivity index (χ4n) is 3.15. The van der Waals surface area contributed by atoms with E-state index in [1.165, 1.54) is 5.56 Å². The van der Waals surface area contributed by atoms with Crippen molar-refractivity contribution in [1.82, 2.24) is 9.88 Å². The highest BCUT2D eigenvalue weighted by molar-refractivity contribution is 7.12. The standard InChI is InChI=1S/C18H22N2OS/c21-18(17-8-4-12-22-17)16-7-3-11-20(14-16)10-2-6-15-5-1-9-19-13-15/h1,4-5,8-9,12-13,16H,2-3,6-7,10-11,14H2.